The largest absolute Gasteiger partial charge is 0.372 e. The Balaban J connectivity index is 1.48. The molecule has 1 N–H and O–H groups in total. The quantitative estimate of drug-likeness (QED) is 0.795. The van der Waals surface area contributed by atoms with Crippen molar-refractivity contribution in [2.75, 3.05) is 30.4 Å². The van der Waals surface area contributed by atoms with E-state index in [1.54, 1.807) is 11.9 Å². The highest BCUT2D eigenvalue weighted by Crippen LogP contribution is 2.21. The fourth-order valence-corrected chi connectivity index (χ4v) is 3.33. The Bertz CT molecular complexity index is 753. The number of amides is 2. The molecule has 27 heavy (non-hydrogen) atoms. The first-order valence-corrected chi connectivity index (χ1v) is 9.54. The van der Waals surface area contributed by atoms with Crippen LogP contribution in [0.2, 0.25) is 0 Å². The Morgan fingerprint density at radius 2 is 1.63 bits per heavy atom. The van der Waals surface area contributed by atoms with Crippen molar-refractivity contribution < 1.29 is 9.59 Å². The number of rotatable bonds is 6. The Hall–Kier alpha value is -2.82. The number of hydrogen-bond acceptors (Lipinski definition) is 3. The Kier molecular flexibility index (Phi) is 6.47. The molecule has 0 aromatic heterocycles. The molecule has 0 aliphatic carbocycles. The van der Waals surface area contributed by atoms with E-state index in [0.717, 1.165) is 24.3 Å². The van der Waals surface area contributed by atoms with Crippen LogP contribution in [-0.4, -0.2) is 36.9 Å². The van der Waals surface area contributed by atoms with E-state index in [2.05, 4.69) is 10.2 Å². The van der Waals surface area contributed by atoms with Crippen molar-refractivity contribution in [3.05, 3.63) is 60.2 Å². The average molecular weight is 365 g/mol. The zero-order valence-electron chi connectivity index (χ0n) is 15.9. The fraction of sp³-hybridized carbons (Fsp3) is 0.364. The Labute approximate surface area is 161 Å². The first-order valence-electron chi connectivity index (χ1n) is 9.54. The monoisotopic (exact) mass is 365 g/mol. The normalized spacial score (nSPS) is 13.9. The van der Waals surface area contributed by atoms with Gasteiger partial charge in [-0.2, -0.15) is 0 Å². The number of nitrogens with zero attached hydrogens (tertiary/aromatic N) is 2. The zero-order valence-corrected chi connectivity index (χ0v) is 15.9. The van der Waals surface area contributed by atoms with Gasteiger partial charge in [0.15, 0.2) is 0 Å². The van der Waals surface area contributed by atoms with Gasteiger partial charge in [-0.1, -0.05) is 30.3 Å². The van der Waals surface area contributed by atoms with Gasteiger partial charge < -0.3 is 15.1 Å². The fourth-order valence-electron chi connectivity index (χ4n) is 3.33. The molecule has 1 heterocycles. The molecule has 0 atom stereocenters. The van der Waals surface area contributed by atoms with E-state index < -0.39 is 0 Å². The van der Waals surface area contributed by atoms with Gasteiger partial charge in [-0.25, -0.2) is 0 Å². The lowest BCUT2D eigenvalue weighted by Gasteiger charge is -2.28. The van der Waals surface area contributed by atoms with Crippen molar-refractivity contribution in [3.63, 3.8) is 0 Å². The van der Waals surface area contributed by atoms with E-state index in [1.165, 1.54) is 24.9 Å². The van der Waals surface area contributed by atoms with Crippen LogP contribution in [0.3, 0.4) is 0 Å². The van der Waals surface area contributed by atoms with Gasteiger partial charge in [0.1, 0.15) is 6.42 Å². The topological polar surface area (TPSA) is 52.7 Å². The summed E-state index contributed by atoms with van der Waals surface area (Å²) in [7, 11) is 1.72. The summed E-state index contributed by atoms with van der Waals surface area (Å²) in [6.45, 7) is 2.68. The Morgan fingerprint density at radius 3 is 2.30 bits per heavy atom. The van der Waals surface area contributed by atoms with Gasteiger partial charge in [0.25, 0.3) is 0 Å². The molecule has 2 aromatic rings. The smallest absolute Gasteiger partial charge is 0.233 e. The molecular formula is C22H27N3O2. The highest BCUT2D eigenvalue weighted by Gasteiger charge is 2.15. The number of carbonyl (C=O) groups excluding carboxylic acids is 2. The van der Waals surface area contributed by atoms with E-state index in [9.17, 15) is 9.59 Å². The molecule has 2 aromatic carbocycles. The molecule has 2 amide bonds. The number of piperidine rings is 1. The standard InChI is InChI=1S/C22H27N3O2/c1-24(17-18-8-4-2-5-9-18)22(27)16-21(26)23-19-10-12-20(13-11-19)25-14-6-3-7-15-25/h2,4-5,8-13H,3,6-7,14-17H2,1H3,(H,23,26). The third-order valence-corrected chi connectivity index (χ3v) is 4.87. The van der Waals surface area contributed by atoms with Gasteiger partial charge in [-0.15, -0.1) is 0 Å². The zero-order chi connectivity index (χ0) is 19.1. The minimum Gasteiger partial charge on any atom is -0.372 e. The summed E-state index contributed by atoms with van der Waals surface area (Å²) in [4.78, 5) is 28.4. The maximum Gasteiger partial charge on any atom is 0.233 e. The summed E-state index contributed by atoms with van der Waals surface area (Å²) < 4.78 is 0. The molecule has 0 radical (unpaired) electrons. The predicted molar refractivity (Wildman–Crippen MR) is 109 cm³/mol. The summed E-state index contributed by atoms with van der Waals surface area (Å²) in [5.74, 6) is -0.480. The lowest BCUT2D eigenvalue weighted by Crippen LogP contribution is -2.30. The van der Waals surface area contributed by atoms with Crippen LogP contribution in [0.1, 0.15) is 31.2 Å². The maximum atomic E-state index is 12.3. The summed E-state index contributed by atoms with van der Waals surface area (Å²) in [5.41, 5.74) is 2.95. The Morgan fingerprint density at radius 1 is 0.963 bits per heavy atom. The van der Waals surface area contributed by atoms with E-state index >= 15 is 0 Å². The second-order valence-corrected chi connectivity index (χ2v) is 7.05. The van der Waals surface area contributed by atoms with Crippen LogP contribution in [0.25, 0.3) is 0 Å². The van der Waals surface area contributed by atoms with Gasteiger partial charge in [-0.3, -0.25) is 9.59 Å². The minimum absolute atomic E-state index is 0.156. The van der Waals surface area contributed by atoms with E-state index in [0.29, 0.717) is 6.54 Å². The first kappa shape index (κ1) is 19.0. The van der Waals surface area contributed by atoms with Crippen LogP contribution in [0.15, 0.2) is 54.6 Å². The average Bonchev–Trinajstić information content (AvgIpc) is 2.70. The van der Waals surface area contributed by atoms with Crippen molar-refractivity contribution in [2.24, 2.45) is 0 Å². The summed E-state index contributed by atoms with van der Waals surface area (Å²) in [5, 5.41) is 2.82. The molecule has 5 nitrogen and oxygen atoms in total. The lowest BCUT2D eigenvalue weighted by atomic mass is 10.1. The molecule has 1 fully saturated rings. The molecule has 1 aliphatic heterocycles. The van der Waals surface area contributed by atoms with Crippen LogP contribution in [-0.2, 0) is 16.1 Å². The van der Waals surface area contributed by atoms with Crippen molar-refractivity contribution in [2.45, 2.75) is 32.2 Å². The number of nitrogens with one attached hydrogen (secondary N) is 1. The van der Waals surface area contributed by atoms with Crippen molar-refractivity contribution in [1.29, 1.82) is 0 Å². The van der Waals surface area contributed by atoms with Gasteiger partial charge in [0.05, 0.1) is 0 Å². The maximum absolute atomic E-state index is 12.3. The lowest BCUT2D eigenvalue weighted by molar-refractivity contribution is -0.133. The van der Waals surface area contributed by atoms with Crippen LogP contribution >= 0.6 is 0 Å². The van der Waals surface area contributed by atoms with E-state index in [-0.39, 0.29) is 18.2 Å². The van der Waals surface area contributed by atoms with E-state index in [4.69, 9.17) is 0 Å². The minimum atomic E-state index is -0.286. The van der Waals surface area contributed by atoms with Crippen LogP contribution in [0.5, 0.6) is 0 Å². The molecule has 0 spiro atoms. The van der Waals surface area contributed by atoms with Crippen LogP contribution in [0.4, 0.5) is 11.4 Å². The molecule has 1 saturated heterocycles. The molecule has 3 rings (SSSR count). The first-order chi connectivity index (χ1) is 13.1. The third-order valence-electron chi connectivity index (χ3n) is 4.87. The molecule has 0 unspecified atom stereocenters. The number of carbonyl (C=O) groups is 2. The van der Waals surface area contributed by atoms with Gasteiger partial charge in [0.2, 0.25) is 11.8 Å². The van der Waals surface area contributed by atoms with Crippen molar-refractivity contribution in [1.82, 2.24) is 4.90 Å². The highest BCUT2D eigenvalue weighted by molar-refractivity contribution is 6.03. The van der Waals surface area contributed by atoms with Gasteiger partial charge in [0, 0.05) is 38.1 Å². The van der Waals surface area contributed by atoms with Crippen LogP contribution < -0.4 is 10.2 Å². The molecule has 0 saturated carbocycles. The molecule has 5 heteroatoms. The third kappa shape index (κ3) is 5.58. The van der Waals surface area contributed by atoms with Crippen molar-refractivity contribution in [3.8, 4) is 0 Å². The summed E-state index contributed by atoms with van der Waals surface area (Å²) in [6, 6.07) is 17.6. The molecule has 142 valence electrons. The van der Waals surface area contributed by atoms with Crippen molar-refractivity contribution >= 4 is 23.2 Å². The van der Waals surface area contributed by atoms with Crippen LogP contribution in [0, 0.1) is 0 Å². The van der Waals surface area contributed by atoms with Gasteiger partial charge in [-0.05, 0) is 49.1 Å². The second kappa shape index (κ2) is 9.21. The second-order valence-electron chi connectivity index (χ2n) is 7.05. The number of benzene rings is 2. The summed E-state index contributed by atoms with van der Waals surface area (Å²) in [6.07, 6.45) is 3.61. The van der Waals surface area contributed by atoms with E-state index in [1.807, 2.05) is 54.6 Å². The SMILES string of the molecule is CN(Cc1ccccc1)C(=O)CC(=O)Nc1ccc(N2CCCCC2)cc1. The summed E-state index contributed by atoms with van der Waals surface area (Å²) >= 11 is 0. The molecular weight excluding hydrogens is 338 g/mol. The number of hydrogen-bond donors (Lipinski definition) is 1. The highest BCUT2D eigenvalue weighted by atomic mass is 16.2. The number of anilines is 2. The van der Waals surface area contributed by atoms with Gasteiger partial charge >= 0.3 is 0 Å². The molecule has 0 bridgehead atoms. The predicted octanol–water partition coefficient (Wildman–Crippen LogP) is 3.66. The molecule has 1 aliphatic rings.